The summed E-state index contributed by atoms with van der Waals surface area (Å²) in [6.07, 6.45) is 6.60. The highest BCUT2D eigenvalue weighted by molar-refractivity contribution is 7.99. The van der Waals surface area contributed by atoms with Crippen LogP contribution in [-0.2, 0) is 17.6 Å². The van der Waals surface area contributed by atoms with E-state index in [2.05, 4.69) is 55.5 Å². The summed E-state index contributed by atoms with van der Waals surface area (Å²) in [6, 6.07) is 5.89. The molecule has 3 fully saturated rings. The number of rotatable bonds is 6. The van der Waals surface area contributed by atoms with Crippen molar-refractivity contribution in [2.45, 2.75) is 68.5 Å². The molecule has 12 heteroatoms. The van der Waals surface area contributed by atoms with Crippen molar-refractivity contribution in [3.63, 3.8) is 0 Å². The van der Waals surface area contributed by atoms with Crippen LogP contribution in [0.3, 0.4) is 0 Å². The van der Waals surface area contributed by atoms with E-state index in [9.17, 15) is 14.4 Å². The minimum absolute atomic E-state index is 0.00277. The molecule has 1 atom stereocenters. The van der Waals surface area contributed by atoms with Gasteiger partial charge in [0.15, 0.2) is 0 Å². The van der Waals surface area contributed by atoms with Crippen molar-refractivity contribution in [2.75, 3.05) is 65.2 Å². The number of likely N-dealkylation sites (tertiary alicyclic amines) is 2. The molecular weight excluding hydrogens is 600 g/mol. The number of nitrogens with one attached hydrogen (secondary N) is 3. The summed E-state index contributed by atoms with van der Waals surface area (Å²) in [7, 11) is 2.18. The minimum atomic E-state index is -0.661. The zero-order chi connectivity index (χ0) is 31.8. The lowest BCUT2D eigenvalue weighted by molar-refractivity contribution is -0.135. The van der Waals surface area contributed by atoms with E-state index < -0.39 is 6.04 Å². The smallest absolute Gasteiger partial charge is 0.318 e. The Labute approximate surface area is 274 Å². The monoisotopic (exact) mass is 646 g/mol. The Morgan fingerprint density at radius 2 is 1.74 bits per heavy atom. The van der Waals surface area contributed by atoms with E-state index in [4.69, 9.17) is 0 Å². The molecular formula is C34H46N8O3S. The van der Waals surface area contributed by atoms with Crippen LogP contribution in [0.15, 0.2) is 34.2 Å². The fourth-order valence-electron chi connectivity index (χ4n) is 7.81. The highest BCUT2D eigenvalue weighted by atomic mass is 32.2. The molecule has 0 unspecified atom stereocenters. The zero-order valence-corrected chi connectivity index (χ0v) is 27.8. The van der Waals surface area contributed by atoms with Crippen LogP contribution in [-0.4, -0.2) is 124 Å². The van der Waals surface area contributed by atoms with Gasteiger partial charge in [-0.3, -0.25) is 19.6 Å². The number of aromatic amines is 2. The third-order valence-electron chi connectivity index (χ3n) is 10.6. The number of piperazine rings is 1. The van der Waals surface area contributed by atoms with Gasteiger partial charge < -0.3 is 25.0 Å². The Morgan fingerprint density at radius 1 is 1.00 bits per heavy atom. The number of fused-ring (bicyclic) bond motifs is 2. The first kappa shape index (κ1) is 31.3. The second-order valence-electron chi connectivity index (χ2n) is 13.6. The van der Waals surface area contributed by atoms with Crippen molar-refractivity contribution in [1.29, 1.82) is 0 Å². The van der Waals surface area contributed by atoms with Gasteiger partial charge in [-0.1, -0.05) is 6.07 Å². The average Bonchev–Trinajstić information content (AvgIpc) is 3.74. The Kier molecular flexibility index (Phi) is 9.11. The molecule has 1 aromatic carbocycles. The van der Waals surface area contributed by atoms with Crippen LogP contribution in [0.5, 0.6) is 0 Å². The highest BCUT2D eigenvalue weighted by Gasteiger charge is 2.34. The number of hydrogen-bond acceptors (Lipinski definition) is 7. The summed E-state index contributed by atoms with van der Waals surface area (Å²) in [5.41, 5.74) is 5.15. The molecule has 2 aromatic heterocycles. The fraction of sp³-hybridized carbons (Fsp3) is 0.588. The van der Waals surface area contributed by atoms with Gasteiger partial charge in [-0.15, -0.1) is 11.8 Å². The Bertz CT molecular complexity index is 1630. The molecule has 3 N–H and O–H groups in total. The molecule has 11 nitrogen and oxygen atoms in total. The second-order valence-corrected chi connectivity index (χ2v) is 14.7. The normalized spacial score (nSPS) is 21.1. The molecule has 6 heterocycles. The summed E-state index contributed by atoms with van der Waals surface area (Å²) in [6.45, 7) is 8.92. The van der Waals surface area contributed by atoms with E-state index in [1.807, 2.05) is 16.7 Å². The predicted molar refractivity (Wildman–Crippen MR) is 181 cm³/mol. The predicted octanol–water partition coefficient (Wildman–Crippen LogP) is 2.95. The minimum Gasteiger partial charge on any atom is -0.341 e. The molecule has 3 aromatic rings. The lowest BCUT2D eigenvalue weighted by Gasteiger charge is -2.42. The maximum Gasteiger partial charge on any atom is 0.318 e. The molecule has 0 spiro atoms. The van der Waals surface area contributed by atoms with Crippen molar-refractivity contribution >= 4 is 34.6 Å². The average molecular weight is 647 g/mol. The number of aryl methyl sites for hydroxylation is 2. The number of urea groups is 1. The third kappa shape index (κ3) is 6.57. The van der Waals surface area contributed by atoms with Gasteiger partial charge in [0.25, 0.3) is 5.56 Å². The van der Waals surface area contributed by atoms with Gasteiger partial charge in [-0.05, 0) is 80.8 Å². The van der Waals surface area contributed by atoms with E-state index in [1.54, 1.807) is 18.0 Å². The molecule has 0 bridgehead atoms. The molecule has 46 heavy (non-hydrogen) atoms. The number of piperidine rings is 2. The summed E-state index contributed by atoms with van der Waals surface area (Å²) >= 11 is 1.71. The molecule has 3 amide bonds. The number of aromatic nitrogens is 3. The van der Waals surface area contributed by atoms with Gasteiger partial charge in [0.05, 0.1) is 16.7 Å². The number of nitrogens with zero attached hydrogens (tertiary/aromatic N) is 5. The lowest BCUT2D eigenvalue weighted by Crippen LogP contribution is -2.57. The number of carbonyl (C=O) groups excluding carboxylic acids is 2. The molecule has 4 aliphatic rings. The topological polar surface area (TPSA) is 121 Å². The van der Waals surface area contributed by atoms with Crippen LogP contribution in [0.2, 0.25) is 0 Å². The summed E-state index contributed by atoms with van der Waals surface area (Å²) in [4.78, 5) is 52.5. The lowest BCUT2D eigenvalue weighted by atomic mass is 9.89. The molecule has 4 aliphatic heterocycles. The van der Waals surface area contributed by atoms with E-state index in [1.165, 1.54) is 5.56 Å². The number of pyridine rings is 1. The second kappa shape index (κ2) is 13.4. The molecule has 7 rings (SSSR count). The van der Waals surface area contributed by atoms with E-state index in [-0.39, 0.29) is 23.4 Å². The van der Waals surface area contributed by atoms with Gasteiger partial charge >= 0.3 is 6.03 Å². The molecule has 0 aliphatic carbocycles. The van der Waals surface area contributed by atoms with Crippen LogP contribution in [0.4, 0.5) is 4.79 Å². The van der Waals surface area contributed by atoms with Crippen LogP contribution in [0.25, 0.3) is 10.9 Å². The Morgan fingerprint density at radius 3 is 2.50 bits per heavy atom. The summed E-state index contributed by atoms with van der Waals surface area (Å²) in [5.74, 6) is 1.14. The number of benzene rings is 1. The van der Waals surface area contributed by atoms with Crippen molar-refractivity contribution < 1.29 is 9.59 Å². The number of carbonyl (C=O) groups is 2. The fourth-order valence-corrected chi connectivity index (χ4v) is 8.85. The van der Waals surface area contributed by atoms with E-state index in [0.29, 0.717) is 38.6 Å². The van der Waals surface area contributed by atoms with Crippen LogP contribution >= 0.6 is 11.8 Å². The van der Waals surface area contributed by atoms with Gasteiger partial charge in [-0.2, -0.15) is 5.10 Å². The maximum atomic E-state index is 14.1. The van der Waals surface area contributed by atoms with Crippen molar-refractivity contribution in [3.8, 4) is 0 Å². The quantitative estimate of drug-likeness (QED) is 0.377. The number of hydrogen-bond donors (Lipinski definition) is 3. The van der Waals surface area contributed by atoms with Crippen molar-refractivity contribution in [2.24, 2.45) is 0 Å². The first-order chi connectivity index (χ1) is 22.3. The van der Waals surface area contributed by atoms with E-state index >= 15 is 0 Å². The maximum absolute atomic E-state index is 14.1. The molecule has 246 valence electrons. The van der Waals surface area contributed by atoms with Gasteiger partial charge in [0.2, 0.25) is 5.91 Å². The van der Waals surface area contributed by atoms with E-state index in [0.717, 1.165) is 96.7 Å². The first-order valence-corrected chi connectivity index (χ1v) is 17.9. The molecule has 0 radical (unpaired) electrons. The number of amides is 3. The highest BCUT2D eigenvalue weighted by Crippen LogP contribution is 2.32. The van der Waals surface area contributed by atoms with Crippen molar-refractivity contribution in [1.82, 2.24) is 40.1 Å². The van der Waals surface area contributed by atoms with Gasteiger partial charge in [-0.25, -0.2) is 4.79 Å². The van der Waals surface area contributed by atoms with Crippen molar-refractivity contribution in [3.05, 3.63) is 57.0 Å². The number of thioether (sulfide) groups is 1. The number of likely N-dealkylation sites (N-methyl/N-ethyl adjacent to an activating group) is 1. The zero-order valence-electron chi connectivity index (χ0n) is 27.0. The summed E-state index contributed by atoms with van der Waals surface area (Å²) in [5, 5.41) is 12.4. The van der Waals surface area contributed by atoms with Crippen LogP contribution in [0.1, 0.15) is 53.9 Å². The van der Waals surface area contributed by atoms with Gasteiger partial charge in [0.1, 0.15) is 6.04 Å². The first-order valence-electron chi connectivity index (χ1n) is 16.9. The van der Waals surface area contributed by atoms with Crippen LogP contribution < -0.4 is 10.9 Å². The molecule has 0 saturated carbocycles. The Balaban J connectivity index is 1.02. The standard InChI is InChI=1S/C34H46N8O3S/c1-22-17-23(18-26-21-35-38-30(22)26)19-29(33(44)41-10-5-27(6-11-41)40-14-12-39(2)13-15-40)36-34(45)42-8-3-24(4-9-42)28-20-25-7-16-46-32(25)37-31(28)43/h17-18,20-21,24,27,29H,3-16,19H2,1-2H3,(H,35,38)(H,36,45)(H,37,43)/t29-/m1/s1. The Hall–Kier alpha value is -3.35. The summed E-state index contributed by atoms with van der Waals surface area (Å²) < 4.78 is 0. The number of H-pyrrole nitrogens is 2. The van der Waals surface area contributed by atoms with Gasteiger partial charge in [0, 0.05) is 81.5 Å². The van der Waals surface area contributed by atoms with Crippen LogP contribution in [0, 0.1) is 6.92 Å². The largest absolute Gasteiger partial charge is 0.341 e. The SMILES string of the molecule is Cc1cc(C[C@@H](NC(=O)N2CCC(c3cc4c([nH]c3=O)SCC4)CC2)C(=O)N2CCC(N3CCN(C)CC3)CC2)cc2cn[nH]c12. The molecule has 3 saturated heterocycles. The third-order valence-corrected chi connectivity index (χ3v) is 11.7.